The molecule has 0 radical (unpaired) electrons. The highest BCUT2D eigenvalue weighted by Crippen LogP contribution is 2.16. The summed E-state index contributed by atoms with van der Waals surface area (Å²) >= 11 is 0. The lowest BCUT2D eigenvalue weighted by atomic mass is 9.92. The van der Waals surface area contributed by atoms with E-state index < -0.39 is 0 Å². The Hall–Kier alpha value is -1.12. The molecule has 0 spiro atoms. The predicted octanol–water partition coefficient (Wildman–Crippen LogP) is 2.57. The maximum absolute atomic E-state index is 11.3. The van der Waals surface area contributed by atoms with Gasteiger partial charge in [0, 0.05) is 12.8 Å². The Bertz CT molecular complexity index is 273. The number of carbonyl (C=O) groups excluding carboxylic acids is 1. The maximum Gasteiger partial charge on any atom is 0.177 e. The van der Waals surface area contributed by atoms with Gasteiger partial charge in [-0.3, -0.25) is 4.79 Å². The first-order valence-electron chi connectivity index (χ1n) is 4.67. The summed E-state index contributed by atoms with van der Waals surface area (Å²) in [6.07, 6.45) is 0. The molecule has 1 atom stereocenters. The molecule has 0 amide bonds. The van der Waals surface area contributed by atoms with E-state index in [4.69, 9.17) is 0 Å². The molecular weight excluding hydrogens is 178 g/mol. The Balaban J connectivity index is 4.98. The summed E-state index contributed by atoms with van der Waals surface area (Å²) in [6.45, 7) is 9.52. The molecule has 0 aromatic rings. The monoisotopic (exact) mass is 197 g/mol. The first kappa shape index (κ1) is 12.9. The molecule has 0 fully saturated rings. The van der Waals surface area contributed by atoms with Gasteiger partial charge in [-0.25, -0.2) is 0 Å². The van der Waals surface area contributed by atoms with Crippen molar-refractivity contribution in [3.8, 4) is 0 Å². The van der Waals surface area contributed by atoms with Crippen LogP contribution in [0.25, 0.3) is 0 Å². The molecule has 0 rings (SSSR count). The number of Topliss-reactive ketones (excluding diaryl/α,β-unsaturated/α-hetero) is 1. The lowest BCUT2D eigenvalue weighted by Crippen LogP contribution is -2.21. The number of hydrogen-bond acceptors (Lipinski definition) is 3. The molecule has 0 aromatic heterocycles. The Morgan fingerprint density at radius 1 is 1.21 bits per heavy atom. The van der Waals surface area contributed by atoms with Crippen LogP contribution in [0.4, 0.5) is 0 Å². The van der Waals surface area contributed by atoms with E-state index >= 15 is 0 Å². The van der Waals surface area contributed by atoms with Crippen molar-refractivity contribution in [2.45, 2.75) is 34.6 Å². The van der Waals surface area contributed by atoms with E-state index in [1.54, 1.807) is 0 Å². The van der Waals surface area contributed by atoms with Crippen molar-refractivity contribution in [3.05, 3.63) is 11.1 Å². The average Bonchev–Trinajstić information content (AvgIpc) is 2.11. The van der Waals surface area contributed by atoms with Crippen molar-refractivity contribution in [1.82, 2.24) is 0 Å². The fourth-order valence-electron chi connectivity index (χ4n) is 1.18. The van der Waals surface area contributed by atoms with Crippen molar-refractivity contribution in [2.24, 2.45) is 11.1 Å². The zero-order valence-electron chi connectivity index (χ0n) is 9.84. The first-order valence-corrected chi connectivity index (χ1v) is 4.67. The third-order valence-corrected chi connectivity index (χ3v) is 2.40. The molecule has 0 N–H and O–H groups in total. The Kier molecular flexibility index (Phi) is 5.13. The number of nitrogens with zero attached hydrogens (tertiary/aromatic N) is 1. The Labute approximate surface area is 85.8 Å². The van der Waals surface area contributed by atoms with Crippen molar-refractivity contribution >= 4 is 11.5 Å². The van der Waals surface area contributed by atoms with Gasteiger partial charge in [-0.1, -0.05) is 23.2 Å². The van der Waals surface area contributed by atoms with Gasteiger partial charge < -0.3 is 4.84 Å². The number of carbonyl (C=O) groups is 1. The van der Waals surface area contributed by atoms with Crippen LogP contribution in [0.5, 0.6) is 0 Å². The summed E-state index contributed by atoms with van der Waals surface area (Å²) < 4.78 is 0. The molecule has 0 saturated heterocycles. The summed E-state index contributed by atoms with van der Waals surface area (Å²) in [4.78, 5) is 15.9. The van der Waals surface area contributed by atoms with Crippen LogP contribution in [0.1, 0.15) is 34.6 Å². The molecular formula is C11H19NO2. The minimum absolute atomic E-state index is 0.0254. The number of rotatable bonds is 4. The number of oxime groups is 1. The van der Waals surface area contributed by atoms with Gasteiger partial charge in [0.2, 0.25) is 0 Å². The molecule has 3 nitrogen and oxygen atoms in total. The van der Waals surface area contributed by atoms with Crippen LogP contribution in [0, 0.1) is 5.92 Å². The Morgan fingerprint density at radius 2 is 1.71 bits per heavy atom. The van der Waals surface area contributed by atoms with Crippen molar-refractivity contribution < 1.29 is 9.63 Å². The highest BCUT2D eigenvalue weighted by atomic mass is 16.6. The highest BCUT2D eigenvalue weighted by molar-refractivity contribution is 6.40. The van der Waals surface area contributed by atoms with Gasteiger partial charge in [-0.05, 0) is 20.8 Å². The van der Waals surface area contributed by atoms with E-state index in [9.17, 15) is 4.79 Å². The van der Waals surface area contributed by atoms with Crippen LogP contribution < -0.4 is 0 Å². The van der Waals surface area contributed by atoms with E-state index in [1.165, 1.54) is 19.6 Å². The van der Waals surface area contributed by atoms with Gasteiger partial charge >= 0.3 is 0 Å². The van der Waals surface area contributed by atoms with E-state index in [1.807, 2.05) is 27.7 Å². The largest absolute Gasteiger partial charge is 0.399 e. The summed E-state index contributed by atoms with van der Waals surface area (Å²) in [5.74, 6) is -0.0163. The van der Waals surface area contributed by atoms with Crippen LogP contribution in [-0.4, -0.2) is 18.6 Å². The van der Waals surface area contributed by atoms with Crippen molar-refractivity contribution in [3.63, 3.8) is 0 Å². The lowest BCUT2D eigenvalue weighted by molar-refractivity contribution is -0.111. The van der Waals surface area contributed by atoms with Gasteiger partial charge in [0.15, 0.2) is 5.78 Å². The lowest BCUT2D eigenvalue weighted by Gasteiger charge is -2.14. The van der Waals surface area contributed by atoms with Crippen LogP contribution >= 0.6 is 0 Å². The van der Waals surface area contributed by atoms with Crippen molar-refractivity contribution in [2.75, 3.05) is 7.11 Å². The predicted molar refractivity (Wildman–Crippen MR) is 58.3 cm³/mol. The van der Waals surface area contributed by atoms with E-state index in [0.29, 0.717) is 5.71 Å². The third-order valence-electron chi connectivity index (χ3n) is 2.40. The molecule has 0 heterocycles. The molecule has 1 unspecified atom stereocenters. The summed E-state index contributed by atoms with van der Waals surface area (Å²) in [7, 11) is 1.45. The third kappa shape index (κ3) is 3.32. The van der Waals surface area contributed by atoms with Crippen LogP contribution in [0.3, 0.4) is 0 Å². The van der Waals surface area contributed by atoms with Gasteiger partial charge in [-0.2, -0.15) is 0 Å². The van der Waals surface area contributed by atoms with Crippen molar-refractivity contribution in [1.29, 1.82) is 0 Å². The zero-order valence-corrected chi connectivity index (χ0v) is 9.84. The standard InChI is InChI=1S/C11H19NO2/c1-7(2)8(3)9(4)11(10(5)13)12-14-6/h9H,1-6H3/b12-11+. The van der Waals surface area contributed by atoms with Crippen LogP contribution in [0.2, 0.25) is 0 Å². The minimum Gasteiger partial charge on any atom is -0.399 e. The molecule has 0 aromatic carbocycles. The molecule has 80 valence electrons. The van der Waals surface area contributed by atoms with Crippen LogP contribution in [-0.2, 0) is 9.63 Å². The van der Waals surface area contributed by atoms with E-state index in [0.717, 1.165) is 5.57 Å². The second kappa shape index (κ2) is 5.58. The number of hydrogen-bond donors (Lipinski definition) is 0. The van der Waals surface area contributed by atoms with Gasteiger partial charge in [0.25, 0.3) is 0 Å². The molecule has 0 bridgehead atoms. The topological polar surface area (TPSA) is 38.7 Å². The smallest absolute Gasteiger partial charge is 0.177 e. The molecule has 0 aliphatic carbocycles. The number of ketones is 1. The molecule has 0 aliphatic rings. The van der Waals surface area contributed by atoms with Gasteiger partial charge in [-0.15, -0.1) is 0 Å². The fourth-order valence-corrected chi connectivity index (χ4v) is 1.18. The van der Waals surface area contributed by atoms with Gasteiger partial charge in [0.05, 0.1) is 0 Å². The van der Waals surface area contributed by atoms with E-state index in [2.05, 4.69) is 9.99 Å². The zero-order chi connectivity index (χ0) is 11.3. The summed E-state index contributed by atoms with van der Waals surface area (Å²) in [5, 5.41) is 3.76. The van der Waals surface area contributed by atoms with E-state index in [-0.39, 0.29) is 11.7 Å². The fraction of sp³-hybridized carbons (Fsp3) is 0.636. The molecule has 0 aliphatic heterocycles. The summed E-state index contributed by atoms with van der Waals surface area (Å²) in [6, 6.07) is 0. The average molecular weight is 197 g/mol. The maximum atomic E-state index is 11.3. The quantitative estimate of drug-likeness (QED) is 0.394. The minimum atomic E-state index is -0.0417. The summed E-state index contributed by atoms with van der Waals surface area (Å²) in [5.41, 5.74) is 2.85. The van der Waals surface area contributed by atoms with Crippen LogP contribution in [0.15, 0.2) is 16.3 Å². The first-order chi connectivity index (χ1) is 6.41. The SMILES string of the molecule is CO/N=C(/C(C)=O)C(C)C(C)=C(C)C. The van der Waals surface area contributed by atoms with Gasteiger partial charge in [0.1, 0.15) is 12.8 Å². The molecule has 0 saturated carbocycles. The molecule has 3 heteroatoms. The second-order valence-corrected chi connectivity index (χ2v) is 3.62. The molecule has 14 heavy (non-hydrogen) atoms. The highest BCUT2D eigenvalue weighted by Gasteiger charge is 2.18. The normalized spacial score (nSPS) is 13.4. The Morgan fingerprint density at radius 3 is 2.00 bits per heavy atom. The second-order valence-electron chi connectivity index (χ2n) is 3.62. The number of allylic oxidation sites excluding steroid dienone is 2.